The highest BCUT2D eigenvalue weighted by atomic mass is 32.2. The van der Waals surface area contributed by atoms with Crippen LogP contribution in [0.2, 0.25) is 0 Å². The molecule has 0 saturated heterocycles. The van der Waals surface area contributed by atoms with Crippen LogP contribution in [0.25, 0.3) is 0 Å². The Bertz CT molecular complexity index is 895. The molecule has 146 valence electrons. The van der Waals surface area contributed by atoms with Crippen molar-refractivity contribution in [2.75, 3.05) is 11.3 Å². The van der Waals surface area contributed by atoms with Gasteiger partial charge in [0.2, 0.25) is 0 Å². The van der Waals surface area contributed by atoms with Crippen LogP contribution in [0.4, 0.5) is 10.1 Å². The van der Waals surface area contributed by atoms with Crippen LogP contribution in [-0.4, -0.2) is 26.4 Å². The summed E-state index contributed by atoms with van der Waals surface area (Å²) in [6.07, 6.45) is 1.45. The third-order valence-electron chi connectivity index (χ3n) is 4.55. The topological polar surface area (TPSA) is 101 Å². The molecular weight excluding hydrogens is 369 g/mol. The molecule has 0 spiro atoms. The molecule has 0 aliphatic heterocycles. The van der Waals surface area contributed by atoms with E-state index in [9.17, 15) is 17.6 Å². The fourth-order valence-electron chi connectivity index (χ4n) is 2.39. The van der Waals surface area contributed by atoms with E-state index in [4.69, 9.17) is 5.73 Å². The Hall–Kier alpha value is -2.45. The van der Waals surface area contributed by atoms with Crippen molar-refractivity contribution in [2.24, 2.45) is 5.73 Å². The molecule has 6 nitrogen and oxygen atoms in total. The van der Waals surface area contributed by atoms with E-state index in [1.54, 1.807) is 0 Å². The Labute approximate surface area is 159 Å². The minimum Gasteiger partial charge on any atom is -0.350 e. The molecule has 2 aromatic carbocycles. The number of carbonyl (C=O) groups is 1. The summed E-state index contributed by atoms with van der Waals surface area (Å²) in [6.45, 7) is 4.24. The summed E-state index contributed by atoms with van der Waals surface area (Å²) in [6, 6.07) is 10.9. The van der Waals surface area contributed by atoms with E-state index in [0.717, 1.165) is 18.9 Å². The molecule has 0 atom stereocenters. The van der Waals surface area contributed by atoms with Crippen LogP contribution in [0.15, 0.2) is 53.4 Å². The zero-order valence-electron chi connectivity index (χ0n) is 15.3. The van der Waals surface area contributed by atoms with Crippen LogP contribution in [0.1, 0.15) is 37.0 Å². The molecule has 0 unspecified atom stereocenters. The zero-order valence-corrected chi connectivity index (χ0v) is 16.1. The minimum atomic E-state index is -3.96. The Morgan fingerprint density at radius 3 is 2.22 bits per heavy atom. The van der Waals surface area contributed by atoms with Gasteiger partial charge in [-0.3, -0.25) is 9.52 Å². The van der Waals surface area contributed by atoms with Gasteiger partial charge in [-0.05, 0) is 49.2 Å². The number of sulfonamides is 1. The van der Waals surface area contributed by atoms with Gasteiger partial charge in [0.15, 0.2) is 0 Å². The van der Waals surface area contributed by atoms with Gasteiger partial charge < -0.3 is 11.1 Å². The number of hydrogen-bond acceptors (Lipinski definition) is 4. The number of rotatable bonds is 8. The van der Waals surface area contributed by atoms with E-state index in [1.807, 2.05) is 13.8 Å². The maximum Gasteiger partial charge on any atom is 0.261 e. The van der Waals surface area contributed by atoms with Gasteiger partial charge >= 0.3 is 0 Å². The highest BCUT2D eigenvalue weighted by molar-refractivity contribution is 7.92. The van der Waals surface area contributed by atoms with Crippen molar-refractivity contribution < 1.29 is 17.6 Å². The number of carbonyl (C=O) groups excluding carboxylic acids is 1. The first kappa shape index (κ1) is 20.9. The van der Waals surface area contributed by atoms with Crippen molar-refractivity contribution in [3.63, 3.8) is 0 Å². The SMILES string of the molecule is CCC(N)(CC)CNC(=O)c1ccc(S(=O)(=O)Nc2ccccc2F)cc1. The molecule has 0 fully saturated rings. The molecular formula is C19H24FN3O3S. The molecule has 0 saturated carbocycles. The highest BCUT2D eigenvalue weighted by Gasteiger charge is 2.22. The first-order valence-corrected chi connectivity index (χ1v) is 10.1. The molecule has 4 N–H and O–H groups in total. The Morgan fingerprint density at radius 2 is 1.67 bits per heavy atom. The predicted molar refractivity (Wildman–Crippen MR) is 103 cm³/mol. The van der Waals surface area contributed by atoms with Gasteiger partial charge in [-0.2, -0.15) is 0 Å². The number of nitrogens with two attached hydrogens (primary N) is 1. The molecule has 0 aromatic heterocycles. The summed E-state index contributed by atoms with van der Waals surface area (Å²) in [5.74, 6) is -1.01. The molecule has 0 aliphatic rings. The predicted octanol–water partition coefficient (Wildman–Crippen LogP) is 2.87. The lowest BCUT2D eigenvalue weighted by Gasteiger charge is -2.26. The number of para-hydroxylation sites is 1. The van der Waals surface area contributed by atoms with Crippen molar-refractivity contribution in [2.45, 2.75) is 37.1 Å². The second kappa shape index (κ2) is 8.49. The number of amides is 1. The molecule has 27 heavy (non-hydrogen) atoms. The second-order valence-corrected chi connectivity index (χ2v) is 8.04. The lowest BCUT2D eigenvalue weighted by molar-refractivity contribution is 0.0942. The summed E-state index contributed by atoms with van der Waals surface area (Å²) in [4.78, 5) is 12.2. The molecule has 0 heterocycles. The maximum atomic E-state index is 13.7. The fourth-order valence-corrected chi connectivity index (χ4v) is 3.46. The largest absolute Gasteiger partial charge is 0.350 e. The third kappa shape index (κ3) is 5.27. The maximum absolute atomic E-state index is 13.7. The van der Waals surface area contributed by atoms with E-state index in [-0.39, 0.29) is 16.5 Å². The third-order valence-corrected chi connectivity index (χ3v) is 5.94. The molecule has 8 heteroatoms. The van der Waals surface area contributed by atoms with Crippen LogP contribution >= 0.6 is 0 Å². The summed E-state index contributed by atoms with van der Waals surface area (Å²) >= 11 is 0. The monoisotopic (exact) mass is 393 g/mol. The second-order valence-electron chi connectivity index (χ2n) is 6.36. The summed E-state index contributed by atoms with van der Waals surface area (Å²) in [7, 11) is -3.96. The average molecular weight is 393 g/mol. The summed E-state index contributed by atoms with van der Waals surface area (Å²) < 4.78 is 40.6. The Kier molecular flexibility index (Phi) is 6.56. The number of anilines is 1. The molecule has 2 rings (SSSR count). The lowest BCUT2D eigenvalue weighted by Crippen LogP contribution is -2.49. The van der Waals surface area contributed by atoms with Crippen molar-refractivity contribution in [3.05, 3.63) is 59.9 Å². The van der Waals surface area contributed by atoms with Gasteiger partial charge in [0.05, 0.1) is 10.6 Å². The van der Waals surface area contributed by atoms with E-state index in [1.165, 1.54) is 42.5 Å². The quantitative estimate of drug-likeness (QED) is 0.642. The van der Waals surface area contributed by atoms with Crippen LogP contribution in [-0.2, 0) is 10.0 Å². The van der Waals surface area contributed by atoms with Crippen LogP contribution in [0, 0.1) is 5.82 Å². The smallest absolute Gasteiger partial charge is 0.261 e. The van der Waals surface area contributed by atoms with Gasteiger partial charge in [-0.15, -0.1) is 0 Å². The van der Waals surface area contributed by atoms with Crippen molar-refractivity contribution in [1.82, 2.24) is 5.32 Å². The number of nitrogens with one attached hydrogen (secondary N) is 2. The van der Waals surface area contributed by atoms with Crippen LogP contribution < -0.4 is 15.8 Å². The van der Waals surface area contributed by atoms with Crippen LogP contribution in [0.3, 0.4) is 0 Å². The molecule has 1 amide bonds. The zero-order chi connectivity index (χ0) is 20.1. The molecule has 0 bridgehead atoms. The number of halogens is 1. The number of benzene rings is 2. The lowest BCUT2D eigenvalue weighted by atomic mass is 9.94. The van der Waals surface area contributed by atoms with E-state index < -0.39 is 21.4 Å². The van der Waals surface area contributed by atoms with E-state index in [2.05, 4.69) is 10.0 Å². The Balaban J connectivity index is 2.10. The van der Waals surface area contributed by atoms with Crippen molar-refractivity contribution >= 4 is 21.6 Å². The number of hydrogen-bond donors (Lipinski definition) is 3. The van der Waals surface area contributed by atoms with Gasteiger partial charge in [-0.1, -0.05) is 26.0 Å². The first-order chi connectivity index (χ1) is 12.7. The molecule has 0 aliphatic carbocycles. The summed E-state index contributed by atoms with van der Waals surface area (Å²) in [5.41, 5.74) is 5.86. The van der Waals surface area contributed by atoms with E-state index >= 15 is 0 Å². The van der Waals surface area contributed by atoms with Crippen LogP contribution in [0.5, 0.6) is 0 Å². The molecule has 0 radical (unpaired) electrons. The highest BCUT2D eigenvalue weighted by Crippen LogP contribution is 2.19. The van der Waals surface area contributed by atoms with E-state index in [0.29, 0.717) is 12.1 Å². The standard InChI is InChI=1S/C19H24FN3O3S/c1-3-19(21,4-2)13-22-18(24)14-9-11-15(12-10-14)27(25,26)23-17-8-6-5-7-16(17)20/h5-12,23H,3-4,13,21H2,1-2H3,(H,22,24). The minimum absolute atomic E-state index is 0.0717. The van der Waals surface area contributed by atoms with Gasteiger partial charge in [-0.25, -0.2) is 12.8 Å². The Morgan fingerprint density at radius 1 is 1.07 bits per heavy atom. The average Bonchev–Trinajstić information content (AvgIpc) is 2.67. The van der Waals surface area contributed by atoms with Gasteiger partial charge in [0.25, 0.3) is 15.9 Å². The van der Waals surface area contributed by atoms with Gasteiger partial charge in [0, 0.05) is 17.6 Å². The molecule has 2 aromatic rings. The van der Waals surface area contributed by atoms with Crippen molar-refractivity contribution in [3.8, 4) is 0 Å². The fraction of sp³-hybridized carbons (Fsp3) is 0.316. The van der Waals surface area contributed by atoms with Crippen molar-refractivity contribution in [1.29, 1.82) is 0 Å². The van der Waals surface area contributed by atoms with Gasteiger partial charge in [0.1, 0.15) is 5.82 Å². The normalized spacial score (nSPS) is 11.9. The summed E-state index contributed by atoms with van der Waals surface area (Å²) in [5, 5.41) is 2.77. The first-order valence-electron chi connectivity index (χ1n) is 8.65.